The van der Waals surface area contributed by atoms with Crippen LogP contribution in [0.3, 0.4) is 0 Å². The zero-order chi connectivity index (χ0) is 13.7. The third-order valence-electron chi connectivity index (χ3n) is 2.32. The maximum atomic E-state index is 11.9. The van der Waals surface area contributed by atoms with Crippen LogP contribution in [0.4, 0.5) is 10.5 Å². The molecule has 3 N–H and O–H groups in total. The lowest BCUT2D eigenvalue weighted by atomic mass is 10.0. The molecule has 6 heteroatoms. The molecule has 0 spiro atoms. The summed E-state index contributed by atoms with van der Waals surface area (Å²) in [5.74, 6) is -0.560. The van der Waals surface area contributed by atoms with Gasteiger partial charge in [0.1, 0.15) is 6.04 Å². The van der Waals surface area contributed by atoms with Crippen LogP contribution in [0.2, 0.25) is 5.02 Å². The highest BCUT2D eigenvalue weighted by Gasteiger charge is 2.23. The summed E-state index contributed by atoms with van der Waals surface area (Å²) in [4.78, 5) is 22.5. The second kappa shape index (κ2) is 6.26. The number of rotatable bonds is 4. The van der Waals surface area contributed by atoms with Gasteiger partial charge in [0.15, 0.2) is 0 Å². The lowest BCUT2D eigenvalue weighted by Gasteiger charge is -2.20. The Morgan fingerprint density at radius 3 is 2.50 bits per heavy atom. The SMILES string of the molecule is CC(C)C(NC(=O)O)C(=O)Nc1cccc(Cl)c1. The molecule has 18 heavy (non-hydrogen) atoms. The first kappa shape index (κ1) is 14.3. The van der Waals surface area contributed by atoms with Gasteiger partial charge >= 0.3 is 6.09 Å². The fraction of sp³-hybridized carbons (Fsp3) is 0.333. The van der Waals surface area contributed by atoms with Gasteiger partial charge in [0.05, 0.1) is 0 Å². The van der Waals surface area contributed by atoms with E-state index < -0.39 is 18.0 Å². The Labute approximate surface area is 110 Å². The lowest BCUT2D eigenvalue weighted by Crippen LogP contribution is -2.46. The molecule has 1 aromatic carbocycles. The van der Waals surface area contributed by atoms with Gasteiger partial charge in [0.25, 0.3) is 0 Å². The number of anilines is 1. The van der Waals surface area contributed by atoms with Crippen molar-refractivity contribution in [3.8, 4) is 0 Å². The van der Waals surface area contributed by atoms with E-state index in [9.17, 15) is 9.59 Å². The van der Waals surface area contributed by atoms with Crippen LogP contribution in [0.5, 0.6) is 0 Å². The molecule has 98 valence electrons. The van der Waals surface area contributed by atoms with Crippen molar-refractivity contribution >= 4 is 29.3 Å². The fourth-order valence-electron chi connectivity index (χ4n) is 1.45. The molecule has 0 saturated carbocycles. The Morgan fingerprint density at radius 2 is 2.00 bits per heavy atom. The van der Waals surface area contributed by atoms with Gasteiger partial charge in [-0.05, 0) is 24.1 Å². The molecule has 0 radical (unpaired) electrons. The largest absolute Gasteiger partial charge is 0.465 e. The predicted octanol–water partition coefficient (Wildman–Crippen LogP) is 2.57. The van der Waals surface area contributed by atoms with Crippen molar-refractivity contribution in [2.75, 3.05) is 5.32 Å². The quantitative estimate of drug-likeness (QED) is 0.787. The number of benzene rings is 1. The smallest absolute Gasteiger partial charge is 0.405 e. The standard InChI is InChI=1S/C12H15ClN2O3/c1-7(2)10(15-12(17)18)11(16)14-9-5-3-4-8(13)6-9/h3-7,10,15H,1-2H3,(H,14,16)(H,17,18). The monoisotopic (exact) mass is 270 g/mol. The fourth-order valence-corrected chi connectivity index (χ4v) is 1.64. The average Bonchev–Trinajstić information content (AvgIpc) is 2.25. The zero-order valence-electron chi connectivity index (χ0n) is 10.1. The minimum atomic E-state index is -1.23. The second-order valence-corrected chi connectivity index (χ2v) is 4.61. The van der Waals surface area contributed by atoms with Crippen molar-refractivity contribution in [3.05, 3.63) is 29.3 Å². The van der Waals surface area contributed by atoms with E-state index >= 15 is 0 Å². The van der Waals surface area contributed by atoms with Gasteiger partial charge in [0, 0.05) is 10.7 Å². The van der Waals surface area contributed by atoms with Gasteiger partial charge in [-0.2, -0.15) is 0 Å². The summed E-state index contributed by atoms with van der Waals surface area (Å²) in [7, 11) is 0. The molecule has 0 aliphatic heterocycles. The van der Waals surface area contributed by atoms with Crippen LogP contribution in [0, 0.1) is 5.92 Å². The Kier molecular flexibility index (Phi) is 4.97. The van der Waals surface area contributed by atoms with E-state index in [2.05, 4.69) is 10.6 Å². The molecule has 0 bridgehead atoms. The summed E-state index contributed by atoms with van der Waals surface area (Å²) in [6.07, 6.45) is -1.23. The van der Waals surface area contributed by atoms with Crippen LogP contribution in [0.25, 0.3) is 0 Å². The summed E-state index contributed by atoms with van der Waals surface area (Å²) in [6, 6.07) is 5.86. The maximum Gasteiger partial charge on any atom is 0.405 e. The number of amides is 2. The highest BCUT2D eigenvalue weighted by Crippen LogP contribution is 2.15. The molecule has 0 fully saturated rings. The molecule has 0 aliphatic rings. The number of carbonyl (C=O) groups excluding carboxylic acids is 1. The van der Waals surface area contributed by atoms with E-state index in [1.54, 1.807) is 38.1 Å². The molecule has 1 aromatic rings. The molecule has 0 heterocycles. The Hall–Kier alpha value is -1.75. The summed E-state index contributed by atoms with van der Waals surface area (Å²) in [5.41, 5.74) is 0.533. The number of halogens is 1. The number of hydrogen-bond donors (Lipinski definition) is 3. The molecule has 0 aromatic heterocycles. The molecule has 1 rings (SSSR count). The van der Waals surface area contributed by atoms with E-state index in [1.807, 2.05) is 0 Å². The Balaban J connectivity index is 2.75. The summed E-state index contributed by atoms with van der Waals surface area (Å²) in [6.45, 7) is 3.52. The van der Waals surface area contributed by atoms with E-state index in [4.69, 9.17) is 16.7 Å². The minimum absolute atomic E-state index is 0.153. The molecule has 0 saturated heterocycles. The van der Waals surface area contributed by atoms with Crippen molar-refractivity contribution in [2.24, 2.45) is 5.92 Å². The van der Waals surface area contributed by atoms with E-state index in [0.29, 0.717) is 10.7 Å². The Bertz CT molecular complexity index is 449. The molecular formula is C12H15ClN2O3. The first-order valence-electron chi connectivity index (χ1n) is 5.46. The van der Waals surface area contributed by atoms with Gasteiger partial charge in [0.2, 0.25) is 5.91 Å². The van der Waals surface area contributed by atoms with Gasteiger partial charge in [-0.1, -0.05) is 31.5 Å². The van der Waals surface area contributed by atoms with Crippen molar-refractivity contribution in [2.45, 2.75) is 19.9 Å². The van der Waals surface area contributed by atoms with E-state index in [1.165, 1.54) is 0 Å². The van der Waals surface area contributed by atoms with Crippen LogP contribution in [0.1, 0.15) is 13.8 Å². The van der Waals surface area contributed by atoms with Crippen molar-refractivity contribution in [1.82, 2.24) is 5.32 Å². The van der Waals surface area contributed by atoms with Crippen LogP contribution >= 0.6 is 11.6 Å². The van der Waals surface area contributed by atoms with Gasteiger partial charge in [-0.25, -0.2) is 4.79 Å². The van der Waals surface area contributed by atoms with E-state index in [0.717, 1.165) is 0 Å². The minimum Gasteiger partial charge on any atom is -0.465 e. The van der Waals surface area contributed by atoms with Crippen LogP contribution in [-0.4, -0.2) is 23.1 Å². The lowest BCUT2D eigenvalue weighted by molar-refractivity contribution is -0.118. The highest BCUT2D eigenvalue weighted by atomic mass is 35.5. The van der Waals surface area contributed by atoms with Crippen molar-refractivity contribution < 1.29 is 14.7 Å². The summed E-state index contributed by atoms with van der Waals surface area (Å²) in [5, 5.41) is 14.0. The van der Waals surface area contributed by atoms with E-state index in [-0.39, 0.29) is 5.92 Å². The molecule has 5 nitrogen and oxygen atoms in total. The molecular weight excluding hydrogens is 256 g/mol. The number of carboxylic acid groups (broad SMARTS) is 1. The predicted molar refractivity (Wildman–Crippen MR) is 69.9 cm³/mol. The Morgan fingerprint density at radius 1 is 1.33 bits per heavy atom. The average molecular weight is 271 g/mol. The number of nitrogens with one attached hydrogen (secondary N) is 2. The zero-order valence-corrected chi connectivity index (χ0v) is 10.9. The van der Waals surface area contributed by atoms with Gasteiger partial charge < -0.3 is 15.7 Å². The van der Waals surface area contributed by atoms with Crippen molar-refractivity contribution in [3.63, 3.8) is 0 Å². The molecule has 1 unspecified atom stereocenters. The van der Waals surface area contributed by atoms with Crippen molar-refractivity contribution in [1.29, 1.82) is 0 Å². The van der Waals surface area contributed by atoms with Crippen LogP contribution in [-0.2, 0) is 4.79 Å². The third-order valence-corrected chi connectivity index (χ3v) is 2.56. The van der Waals surface area contributed by atoms with Crippen LogP contribution < -0.4 is 10.6 Å². The number of carbonyl (C=O) groups is 2. The highest BCUT2D eigenvalue weighted by molar-refractivity contribution is 6.30. The third kappa shape index (κ3) is 4.25. The molecule has 2 amide bonds. The topological polar surface area (TPSA) is 78.4 Å². The van der Waals surface area contributed by atoms with Crippen LogP contribution in [0.15, 0.2) is 24.3 Å². The molecule has 1 atom stereocenters. The number of hydrogen-bond acceptors (Lipinski definition) is 2. The maximum absolute atomic E-state index is 11.9. The normalized spacial score (nSPS) is 12.0. The van der Waals surface area contributed by atoms with Gasteiger partial charge in [-0.15, -0.1) is 0 Å². The molecule has 0 aliphatic carbocycles. The summed E-state index contributed by atoms with van der Waals surface area (Å²) >= 11 is 5.79. The second-order valence-electron chi connectivity index (χ2n) is 4.17. The first-order chi connectivity index (χ1) is 8.40. The first-order valence-corrected chi connectivity index (χ1v) is 5.84. The van der Waals surface area contributed by atoms with Gasteiger partial charge in [-0.3, -0.25) is 4.79 Å². The summed E-state index contributed by atoms with van der Waals surface area (Å²) < 4.78 is 0.